The van der Waals surface area contributed by atoms with Gasteiger partial charge in [0.1, 0.15) is 0 Å². The van der Waals surface area contributed by atoms with Crippen LogP contribution in [0, 0.1) is 11.3 Å². The molecule has 3 heteroatoms. The summed E-state index contributed by atoms with van der Waals surface area (Å²) in [6.07, 6.45) is 0.648. The maximum atomic E-state index is 8.78. The fraction of sp³-hybridized carbons (Fsp3) is 0.909. The molecule has 1 fully saturated rings. The van der Waals surface area contributed by atoms with Crippen LogP contribution in [0.15, 0.2) is 0 Å². The molecule has 1 heterocycles. The first kappa shape index (κ1) is 11.5. The number of piperazine rings is 1. The lowest BCUT2D eigenvalue weighted by Crippen LogP contribution is -2.57. The average Bonchev–Trinajstić information content (AvgIpc) is 2.11. The van der Waals surface area contributed by atoms with Crippen LogP contribution in [0.5, 0.6) is 0 Å². The van der Waals surface area contributed by atoms with Crippen molar-refractivity contribution in [2.24, 2.45) is 0 Å². The van der Waals surface area contributed by atoms with Gasteiger partial charge in [0.2, 0.25) is 0 Å². The normalized spacial score (nSPS) is 30.6. The van der Waals surface area contributed by atoms with Crippen LogP contribution in [0.1, 0.15) is 27.2 Å². The Balaban J connectivity index is 2.65. The van der Waals surface area contributed by atoms with Crippen LogP contribution in [-0.4, -0.2) is 48.1 Å². The lowest BCUT2D eigenvalue weighted by molar-refractivity contribution is 0.0324. The molecule has 0 saturated carbocycles. The monoisotopic (exact) mass is 195 g/mol. The lowest BCUT2D eigenvalue weighted by atomic mass is 10.0. The molecule has 1 rings (SSSR count). The second-order valence-corrected chi connectivity index (χ2v) is 4.60. The zero-order valence-corrected chi connectivity index (χ0v) is 9.70. The predicted octanol–water partition coefficient (Wildman–Crippen LogP) is 1.31. The van der Waals surface area contributed by atoms with Gasteiger partial charge in [0.15, 0.2) is 0 Å². The Bertz CT molecular complexity index is 219. The van der Waals surface area contributed by atoms with E-state index in [4.69, 9.17) is 5.26 Å². The van der Waals surface area contributed by atoms with E-state index in [1.165, 1.54) is 0 Å². The molecule has 0 spiro atoms. The van der Waals surface area contributed by atoms with Crippen molar-refractivity contribution in [1.29, 1.82) is 5.26 Å². The largest absolute Gasteiger partial charge is 0.301 e. The molecule has 2 atom stereocenters. The third-order valence-electron chi connectivity index (χ3n) is 3.19. The first-order valence-corrected chi connectivity index (χ1v) is 5.39. The number of hydrogen-bond acceptors (Lipinski definition) is 3. The van der Waals surface area contributed by atoms with Crippen molar-refractivity contribution >= 4 is 0 Å². The molecule has 3 nitrogen and oxygen atoms in total. The van der Waals surface area contributed by atoms with Gasteiger partial charge in [-0.1, -0.05) is 0 Å². The predicted molar refractivity (Wildman–Crippen MR) is 58.0 cm³/mol. The molecule has 1 aliphatic rings. The Morgan fingerprint density at radius 2 is 2.07 bits per heavy atom. The van der Waals surface area contributed by atoms with Crippen LogP contribution in [0.3, 0.4) is 0 Å². The molecule has 0 aromatic heterocycles. The van der Waals surface area contributed by atoms with Gasteiger partial charge in [-0.2, -0.15) is 5.26 Å². The molecule has 2 unspecified atom stereocenters. The van der Waals surface area contributed by atoms with Crippen molar-refractivity contribution in [2.75, 3.05) is 20.1 Å². The van der Waals surface area contributed by atoms with E-state index in [1.54, 1.807) is 0 Å². The van der Waals surface area contributed by atoms with Crippen LogP contribution in [0.2, 0.25) is 0 Å². The van der Waals surface area contributed by atoms with Crippen molar-refractivity contribution in [3.8, 4) is 6.07 Å². The summed E-state index contributed by atoms with van der Waals surface area (Å²) in [6, 6.07) is 3.86. The van der Waals surface area contributed by atoms with Crippen molar-refractivity contribution in [3.63, 3.8) is 0 Å². The van der Waals surface area contributed by atoms with Gasteiger partial charge in [0.05, 0.1) is 12.5 Å². The van der Waals surface area contributed by atoms with E-state index in [1.807, 2.05) is 0 Å². The minimum Gasteiger partial charge on any atom is -0.301 e. The molecule has 80 valence electrons. The van der Waals surface area contributed by atoms with E-state index in [2.05, 4.69) is 43.7 Å². The zero-order valence-electron chi connectivity index (χ0n) is 9.70. The summed E-state index contributed by atoms with van der Waals surface area (Å²) in [5.74, 6) is 0. The van der Waals surface area contributed by atoms with E-state index in [0.717, 1.165) is 13.1 Å². The van der Waals surface area contributed by atoms with Crippen LogP contribution < -0.4 is 0 Å². The summed E-state index contributed by atoms with van der Waals surface area (Å²) in [7, 11) is 2.15. The molecule has 14 heavy (non-hydrogen) atoms. The smallest absolute Gasteiger partial charge is 0.0638 e. The van der Waals surface area contributed by atoms with Crippen molar-refractivity contribution in [3.05, 3.63) is 0 Å². The summed E-state index contributed by atoms with van der Waals surface area (Å²) >= 11 is 0. The molecular weight excluding hydrogens is 174 g/mol. The van der Waals surface area contributed by atoms with Crippen molar-refractivity contribution in [1.82, 2.24) is 9.80 Å². The number of nitriles is 1. The van der Waals surface area contributed by atoms with Crippen LogP contribution in [-0.2, 0) is 0 Å². The van der Waals surface area contributed by atoms with Crippen molar-refractivity contribution < 1.29 is 0 Å². The molecule has 0 bridgehead atoms. The van der Waals surface area contributed by atoms with Gasteiger partial charge in [0.25, 0.3) is 0 Å². The Morgan fingerprint density at radius 3 is 2.57 bits per heavy atom. The molecule has 1 saturated heterocycles. The highest BCUT2D eigenvalue weighted by atomic mass is 15.3. The topological polar surface area (TPSA) is 30.3 Å². The highest BCUT2D eigenvalue weighted by Crippen LogP contribution is 2.18. The third kappa shape index (κ3) is 2.46. The van der Waals surface area contributed by atoms with Crippen molar-refractivity contribution in [2.45, 2.75) is 45.3 Å². The maximum Gasteiger partial charge on any atom is 0.0638 e. The third-order valence-corrected chi connectivity index (χ3v) is 3.19. The fourth-order valence-electron chi connectivity index (χ4n) is 2.13. The number of likely N-dealkylation sites (N-methyl/N-ethyl adjacent to an activating group) is 1. The first-order valence-electron chi connectivity index (χ1n) is 5.39. The molecule has 0 N–H and O–H groups in total. The van der Waals surface area contributed by atoms with Gasteiger partial charge in [-0.15, -0.1) is 0 Å². The van der Waals surface area contributed by atoms with E-state index in [9.17, 15) is 0 Å². The van der Waals surface area contributed by atoms with Gasteiger partial charge < -0.3 is 4.90 Å². The molecule has 1 aliphatic heterocycles. The molecular formula is C11H21N3. The van der Waals surface area contributed by atoms with E-state index in [-0.39, 0.29) is 0 Å². The summed E-state index contributed by atoms with van der Waals surface area (Å²) in [4.78, 5) is 4.80. The molecule has 0 aromatic carbocycles. The Hall–Kier alpha value is -0.590. The average molecular weight is 195 g/mol. The zero-order chi connectivity index (χ0) is 10.7. The second-order valence-electron chi connectivity index (χ2n) is 4.60. The van der Waals surface area contributed by atoms with Crippen LogP contribution in [0.4, 0.5) is 0 Å². The second kappa shape index (κ2) is 4.77. The molecule has 0 aromatic rings. The first-order chi connectivity index (χ1) is 6.56. The van der Waals surface area contributed by atoms with Gasteiger partial charge in [-0.3, -0.25) is 4.90 Å². The maximum absolute atomic E-state index is 8.78. The van der Waals surface area contributed by atoms with Gasteiger partial charge in [0, 0.05) is 31.2 Å². The highest BCUT2D eigenvalue weighted by Gasteiger charge is 2.30. The minimum absolute atomic E-state index is 0.418. The number of nitrogens with zero attached hydrogens (tertiary/aromatic N) is 3. The SMILES string of the molecule is CC1CN(C(C)C)C(CC#N)CN1C. The molecule has 0 amide bonds. The van der Waals surface area contributed by atoms with Gasteiger partial charge in [-0.05, 0) is 27.8 Å². The van der Waals surface area contributed by atoms with Crippen LogP contribution in [0.25, 0.3) is 0 Å². The summed E-state index contributed by atoms with van der Waals surface area (Å²) < 4.78 is 0. The summed E-state index contributed by atoms with van der Waals surface area (Å²) in [5, 5.41) is 8.78. The Morgan fingerprint density at radius 1 is 1.43 bits per heavy atom. The number of hydrogen-bond donors (Lipinski definition) is 0. The Kier molecular flexibility index (Phi) is 3.91. The van der Waals surface area contributed by atoms with E-state index >= 15 is 0 Å². The summed E-state index contributed by atoms with van der Waals surface area (Å²) in [6.45, 7) is 8.77. The Labute approximate surface area is 87.3 Å². The molecule has 0 aliphatic carbocycles. The standard InChI is InChI=1S/C11H21N3/c1-9(2)14-7-10(3)13(4)8-11(14)5-6-12/h9-11H,5,7-8H2,1-4H3. The minimum atomic E-state index is 0.418. The lowest BCUT2D eigenvalue weighted by Gasteiger charge is -2.45. The highest BCUT2D eigenvalue weighted by molar-refractivity contribution is 4.91. The quantitative estimate of drug-likeness (QED) is 0.665. The van der Waals surface area contributed by atoms with E-state index < -0.39 is 0 Å². The van der Waals surface area contributed by atoms with E-state index in [0.29, 0.717) is 24.5 Å². The van der Waals surface area contributed by atoms with Gasteiger partial charge in [-0.25, -0.2) is 0 Å². The van der Waals surface area contributed by atoms with Crippen LogP contribution >= 0.6 is 0 Å². The molecule has 0 radical (unpaired) electrons. The number of rotatable bonds is 2. The fourth-order valence-corrected chi connectivity index (χ4v) is 2.13. The summed E-state index contributed by atoms with van der Waals surface area (Å²) in [5.41, 5.74) is 0. The van der Waals surface area contributed by atoms with Gasteiger partial charge >= 0.3 is 0 Å².